The highest BCUT2D eigenvalue weighted by molar-refractivity contribution is 5.55. The molecule has 0 saturated heterocycles. The smallest absolute Gasteiger partial charge is 0.423 e. The zero-order valence-corrected chi connectivity index (χ0v) is 13.9. The van der Waals surface area contributed by atoms with E-state index < -0.39 is 17.6 Å². The Balaban J connectivity index is 1.93. The molecule has 3 rings (SSSR count). The van der Waals surface area contributed by atoms with Crippen molar-refractivity contribution in [2.45, 2.75) is 19.5 Å². The molecular weight excluding hydrogens is 343 g/mol. The number of nitrogens with one attached hydrogen (secondary N) is 1. The van der Waals surface area contributed by atoms with E-state index in [2.05, 4.69) is 15.3 Å². The second-order valence-corrected chi connectivity index (χ2v) is 5.50. The first-order valence-corrected chi connectivity index (χ1v) is 7.99. The van der Waals surface area contributed by atoms with Gasteiger partial charge in [-0.25, -0.2) is 4.98 Å². The number of hydrogen-bond donors (Lipinski definition) is 1. The van der Waals surface area contributed by atoms with E-state index in [0.29, 0.717) is 5.69 Å². The molecule has 1 aromatic heterocycles. The molecular formula is C19H16F3N3O. The summed E-state index contributed by atoms with van der Waals surface area (Å²) in [4.78, 5) is 7.70. The van der Waals surface area contributed by atoms with Crippen molar-refractivity contribution in [1.82, 2.24) is 9.97 Å². The lowest BCUT2D eigenvalue weighted by molar-refractivity contribution is -0.139. The number of aryl methyl sites for hydroxylation is 1. The van der Waals surface area contributed by atoms with Crippen molar-refractivity contribution in [3.05, 3.63) is 71.9 Å². The lowest BCUT2D eigenvalue weighted by Crippen LogP contribution is -2.11. The Labute approximate surface area is 148 Å². The zero-order valence-electron chi connectivity index (χ0n) is 13.9. The van der Waals surface area contributed by atoms with E-state index in [-0.39, 0.29) is 11.7 Å². The van der Waals surface area contributed by atoms with E-state index in [9.17, 15) is 13.2 Å². The molecule has 0 spiro atoms. The molecule has 3 aromatic rings. The molecule has 0 saturated carbocycles. The van der Waals surface area contributed by atoms with Crippen LogP contribution in [-0.2, 0) is 12.6 Å². The molecule has 26 heavy (non-hydrogen) atoms. The Morgan fingerprint density at radius 3 is 2.50 bits per heavy atom. The molecule has 0 radical (unpaired) electrons. The molecule has 1 N–H and O–H groups in total. The van der Waals surface area contributed by atoms with Crippen LogP contribution < -0.4 is 10.1 Å². The first kappa shape index (κ1) is 17.7. The minimum Gasteiger partial charge on any atom is -0.438 e. The Morgan fingerprint density at radius 2 is 1.81 bits per heavy atom. The van der Waals surface area contributed by atoms with Crippen LogP contribution in [0.5, 0.6) is 11.6 Å². The van der Waals surface area contributed by atoms with Crippen molar-refractivity contribution in [2.75, 3.05) is 5.32 Å². The van der Waals surface area contributed by atoms with E-state index >= 15 is 0 Å². The number of benzene rings is 2. The fourth-order valence-corrected chi connectivity index (χ4v) is 2.30. The van der Waals surface area contributed by atoms with Gasteiger partial charge in [-0.3, -0.25) is 0 Å². The zero-order chi connectivity index (χ0) is 18.6. The molecule has 0 amide bonds. The highest BCUT2D eigenvalue weighted by Gasteiger charge is 2.36. The summed E-state index contributed by atoms with van der Waals surface area (Å²) in [5, 5.41) is 2.91. The van der Waals surface area contributed by atoms with E-state index in [1.807, 2.05) is 25.1 Å². The lowest BCUT2D eigenvalue weighted by Gasteiger charge is -2.14. The maximum atomic E-state index is 13.2. The average molecular weight is 359 g/mol. The second-order valence-electron chi connectivity index (χ2n) is 5.50. The van der Waals surface area contributed by atoms with Gasteiger partial charge in [-0.15, -0.1) is 0 Å². The molecule has 134 valence electrons. The normalized spacial score (nSPS) is 11.2. The number of halogens is 3. The van der Waals surface area contributed by atoms with Gasteiger partial charge < -0.3 is 10.1 Å². The summed E-state index contributed by atoms with van der Waals surface area (Å²) < 4.78 is 45.0. The molecule has 0 aliphatic carbocycles. The van der Waals surface area contributed by atoms with Crippen LogP contribution in [0.2, 0.25) is 0 Å². The van der Waals surface area contributed by atoms with Crippen LogP contribution in [0.25, 0.3) is 0 Å². The molecule has 4 nitrogen and oxygen atoms in total. The maximum Gasteiger partial charge on any atom is 0.423 e. The molecule has 0 atom stereocenters. The number of ether oxygens (including phenoxy) is 1. The van der Waals surface area contributed by atoms with Crippen LogP contribution in [0.4, 0.5) is 24.8 Å². The standard InChI is InChI=1S/C19H16F3N3O/c1-2-13-7-6-8-14(11-13)24-18-23-12-16(19(20,21)22)17(25-18)26-15-9-4-3-5-10-15/h3-12H,2H2,1H3,(H,23,24,25). The molecule has 0 aliphatic heterocycles. The number of rotatable bonds is 5. The topological polar surface area (TPSA) is 47.0 Å². The van der Waals surface area contributed by atoms with Gasteiger partial charge in [0.05, 0.1) is 0 Å². The highest BCUT2D eigenvalue weighted by Crippen LogP contribution is 2.37. The predicted molar refractivity (Wildman–Crippen MR) is 92.7 cm³/mol. The minimum absolute atomic E-state index is 0.0252. The molecule has 7 heteroatoms. The third-order valence-corrected chi connectivity index (χ3v) is 3.61. The molecule has 0 aliphatic rings. The quantitative estimate of drug-likeness (QED) is 0.645. The summed E-state index contributed by atoms with van der Waals surface area (Å²) in [6.07, 6.45) is -3.06. The maximum absolute atomic E-state index is 13.2. The molecule has 0 fully saturated rings. The molecule has 0 unspecified atom stereocenters. The Kier molecular flexibility index (Phi) is 5.06. The van der Waals surface area contributed by atoms with E-state index in [4.69, 9.17) is 4.74 Å². The number of alkyl halides is 3. The van der Waals surface area contributed by atoms with Crippen LogP contribution in [-0.4, -0.2) is 9.97 Å². The largest absolute Gasteiger partial charge is 0.438 e. The van der Waals surface area contributed by atoms with Gasteiger partial charge in [-0.05, 0) is 36.2 Å². The second kappa shape index (κ2) is 7.43. The summed E-state index contributed by atoms with van der Waals surface area (Å²) in [5.41, 5.74) is 0.742. The fraction of sp³-hybridized carbons (Fsp3) is 0.158. The molecule has 2 aromatic carbocycles. The average Bonchev–Trinajstić information content (AvgIpc) is 2.62. The van der Waals surface area contributed by atoms with Gasteiger partial charge in [0.15, 0.2) is 0 Å². The van der Waals surface area contributed by atoms with Crippen LogP contribution in [0, 0.1) is 0 Å². The predicted octanol–water partition coefficient (Wildman–Crippen LogP) is 5.59. The van der Waals surface area contributed by atoms with Gasteiger partial charge in [0.1, 0.15) is 11.3 Å². The van der Waals surface area contributed by atoms with Crippen molar-refractivity contribution in [2.24, 2.45) is 0 Å². The van der Waals surface area contributed by atoms with Crippen molar-refractivity contribution in [3.63, 3.8) is 0 Å². The number of nitrogens with zero attached hydrogens (tertiary/aromatic N) is 2. The third kappa shape index (κ3) is 4.30. The lowest BCUT2D eigenvalue weighted by atomic mass is 10.1. The molecule has 0 bridgehead atoms. The van der Waals surface area contributed by atoms with Crippen LogP contribution in [0.3, 0.4) is 0 Å². The van der Waals surface area contributed by atoms with Gasteiger partial charge in [0.2, 0.25) is 11.8 Å². The molecule has 1 heterocycles. The van der Waals surface area contributed by atoms with E-state index in [1.54, 1.807) is 36.4 Å². The van der Waals surface area contributed by atoms with E-state index in [1.165, 1.54) is 0 Å². The van der Waals surface area contributed by atoms with Crippen molar-refractivity contribution >= 4 is 11.6 Å². The number of hydrogen-bond acceptors (Lipinski definition) is 4. The van der Waals surface area contributed by atoms with Gasteiger partial charge in [0.25, 0.3) is 0 Å². The summed E-state index contributed by atoms with van der Waals surface area (Å²) in [6.45, 7) is 2.01. The van der Waals surface area contributed by atoms with Gasteiger partial charge in [-0.1, -0.05) is 37.3 Å². The SMILES string of the molecule is CCc1cccc(Nc2ncc(C(F)(F)F)c(Oc3ccccc3)n2)c1. The van der Waals surface area contributed by atoms with E-state index in [0.717, 1.165) is 18.2 Å². The monoisotopic (exact) mass is 359 g/mol. The fourth-order valence-electron chi connectivity index (χ4n) is 2.30. The van der Waals surface area contributed by atoms with Crippen molar-refractivity contribution in [3.8, 4) is 11.6 Å². The highest BCUT2D eigenvalue weighted by atomic mass is 19.4. The summed E-state index contributed by atoms with van der Waals surface area (Å²) in [5.74, 6) is -0.263. The van der Waals surface area contributed by atoms with Crippen molar-refractivity contribution < 1.29 is 17.9 Å². The summed E-state index contributed by atoms with van der Waals surface area (Å²) in [7, 11) is 0. The van der Waals surface area contributed by atoms with Crippen LogP contribution in [0.1, 0.15) is 18.1 Å². The Bertz CT molecular complexity index is 883. The van der Waals surface area contributed by atoms with Gasteiger partial charge >= 0.3 is 6.18 Å². The number of anilines is 2. The summed E-state index contributed by atoms with van der Waals surface area (Å²) >= 11 is 0. The Morgan fingerprint density at radius 1 is 1.04 bits per heavy atom. The van der Waals surface area contributed by atoms with Gasteiger partial charge in [-0.2, -0.15) is 18.2 Å². The minimum atomic E-state index is -4.62. The van der Waals surface area contributed by atoms with Gasteiger partial charge in [0, 0.05) is 11.9 Å². The number of aromatic nitrogens is 2. The Hall–Kier alpha value is -3.09. The number of para-hydroxylation sites is 1. The summed E-state index contributed by atoms with van der Waals surface area (Å²) in [6, 6.07) is 15.7. The first-order valence-electron chi connectivity index (χ1n) is 7.99. The van der Waals surface area contributed by atoms with Crippen molar-refractivity contribution in [1.29, 1.82) is 0 Å². The first-order chi connectivity index (χ1) is 12.5. The third-order valence-electron chi connectivity index (χ3n) is 3.61. The van der Waals surface area contributed by atoms with Crippen LogP contribution in [0.15, 0.2) is 60.8 Å². The van der Waals surface area contributed by atoms with Crippen LogP contribution >= 0.6 is 0 Å².